The molecule has 1 N–H and O–H groups in total. The predicted octanol–water partition coefficient (Wildman–Crippen LogP) is 4.97. The minimum atomic E-state index is -4.12. The summed E-state index contributed by atoms with van der Waals surface area (Å²) >= 11 is 12.7. The van der Waals surface area contributed by atoms with Gasteiger partial charge in [-0.1, -0.05) is 53.5 Å². The second-order valence-corrected chi connectivity index (χ2v) is 11.4. The lowest BCUT2D eigenvalue weighted by Gasteiger charge is -2.32. The van der Waals surface area contributed by atoms with Crippen LogP contribution in [0.3, 0.4) is 0 Å². The third-order valence-corrected chi connectivity index (χ3v) is 8.40. The second kappa shape index (κ2) is 12.0. The Hall–Kier alpha value is -3.07. The van der Waals surface area contributed by atoms with Gasteiger partial charge in [0.15, 0.2) is 0 Å². The fraction of sp³-hybridized carbons (Fsp3) is 0.259. The molecular weight excluding hydrogens is 533 g/mol. The highest BCUT2D eigenvalue weighted by atomic mass is 35.5. The summed E-state index contributed by atoms with van der Waals surface area (Å²) < 4.78 is 28.6. The molecule has 3 aromatic carbocycles. The van der Waals surface area contributed by atoms with Gasteiger partial charge in [0.2, 0.25) is 11.8 Å². The molecule has 0 saturated heterocycles. The minimum absolute atomic E-state index is 0.0435. The van der Waals surface area contributed by atoms with E-state index in [9.17, 15) is 18.0 Å². The maximum absolute atomic E-state index is 13.8. The first kappa shape index (κ1) is 28.5. The zero-order valence-electron chi connectivity index (χ0n) is 21.0. The summed E-state index contributed by atoms with van der Waals surface area (Å²) in [7, 11) is -2.66. The Morgan fingerprint density at radius 3 is 2.03 bits per heavy atom. The van der Waals surface area contributed by atoms with E-state index in [0.717, 1.165) is 15.4 Å². The number of amides is 2. The van der Waals surface area contributed by atoms with Crippen molar-refractivity contribution in [1.82, 2.24) is 10.2 Å². The molecule has 196 valence electrons. The first-order valence-corrected chi connectivity index (χ1v) is 13.7. The highest BCUT2D eigenvalue weighted by Gasteiger charge is 2.33. The van der Waals surface area contributed by atoms with E-state index in [0.29, 0.717) is 21.3 Å². The Morgan fingerprint density at radius 2 is 1.49 bits per heavy atom. The van der Waals surface area contributed by atoms with Crippen LogP contribution in [0.5, 0.6) is 0 Å². The molecule has 0 aromatic heterocycles. The van der Waals surface area contributed by atoms with E-state index in [1.807, 2.05) is 19.9 Å². The SMILES string of the molecule is CNC(=O)C(C)N(Cc1c(Cl)cccc1Cl)C(=O)CN(c1cc(C)cc(C)c1)S(=O)(=O)c1ccccc1. The van der Waals surface area contributed by atoms with Crippen molar-refractivity contribution in [3.63, 3.8) is 0 Å². The summed E-state index contributed by atoms with van der Waals surface area (Å²) in [5.74, 6) is -1.01. The number of nitrogens with zero attached hydrogens (tertiary/aromatic N) is 2. The first-order chi connectivity index (χ1) is 17.4. The molecule has 0 radical (unpaired) electrons. The quantitative estimate of drug-likeness (QED) is 0.399. The maximum atomic E-state index is 13.8. The summed E-state index contributed by atoms with van der Waals surface area (Å²) in [6.45, 7) is 4.64. The van der Waals surface area contributed by atoms with E-state index in [1.54, 1.807) is 55.5 Å². The van der Waals surface area contributed by atoms with Crippen molar-refractivity contribution in [1.29, 1.82) is 0 Å². The number of rotatable bonds is 9. The fourth-order valence-corrected chi connectivity index (χ4v) is 5.92. The zero-order chi connectivity index (χ0) is 27.3. The van der Waals surface area contributed by atoms with Crippen LogP contribution in [0, 0.1) is 13.8 Å². The Balaban J connectivity index is 2.09. The van der Waals surface area contributed by atoms with Crippen LogP contribution in [0.15, 0.2) is 71.6 Å². The Kier molecular flexibility index (Phi) is 9.23. The third-order valence-electron chi connectivity index (χ3n) is 5.91. The number of benzene rings is 3. The van der Waals surface area contributed by atoms with Crippen LogP contribution in [0.25, 0.3) is 0 Å². The lowest BCUT2D eigenvalue weighted by Crippen LogP contribution is -2.50. The van der Waals surface area contributed by atoms with Crippen molar-refractivity contribution < 1.29 is 18.0 Å². The lowest BCUT2D eigenvalue weighted by molar-refractivity contribution is -0.139. The molecule has 0 aliphatic carbocycles. The van der Waals surface area contributed by atoms with Gasteiger partial charge in [0.05, 0.1) is 10.6 Å². The summed E-state index contributed by atoms with van der Waals surface area (Å²) in [6.07, 6.45) is 0. The Bertz CT molecular complexity index is 1360. The maximum Gasteiger partial charge on any atom is 0.264 e. The van der Waals surface area contributed by atoms with Crippen LogP contribution in [-0.2, 0) is 26.2 Å². The summed E-state index contributed by atoms with van der Waals surface area (Å²) in [6, 6.07) is 17.3. The van der Waals surface area contributed by atoms with Gasteiger partial charge < -0.3 is 10.2 Å². The van der Waals surface area contributed by atoms with Crippen LogP contribution in [0.4, 0.5) is 5.69 Å². The van der Waals surface area contributed by atoms with Crippen LogP contribution < -0.4 is 9.62 Å². The van der Waals surface area contributed by atoms with Crippen molar-refractivity contribution in [2.75, 3.05) is 17.9 Å². The van der Waals surface area contributed by atoms with Gasteiger partial charge in [-0.25, -0.2) is 8.42 Å². The molecule has 3 aromatic rings. The van der Waals surface area contributed by atoms with Gasteiger partial charge in [0.25, 0.3) is 10.0 Å². The second-order valence-electron chi connectivity index (χ2n) is 8.68. The Labute approximate surface area is 228 Å². The number of likely N-dealkylation sites (N-methyl/N-ethyl adjacent to an activating group) is 1. The molecule has 0 heterocycles. The molecule has 7 nitrogen and oxygen atoms in total. The lowest BCUT2D eigenvalue weighted by atomic mass is 10.1. The van der Waals surface area contributed by atoms with E-state index in [1.165, 1.54) is 24.1 Å². The van der Waals surface area contributed by atoms with Crippen molar-refractivity contribution in [3.8, 4) is 0 Å². The molecule has 1 unspecified atom stereocenters. The van der Waals surface area contributed by atoms with Crippen LogP contribution >= 0.6 is 23.2 Å². The highest BCUT2D eigenvalue weighted by Crippen LogP contribution is 2.29. The number of carbonyl (C=O) groups is 2. The predicted molar refractivity (Wildman–Crippen MR) is 147 cm³/mol. The van der Waals surface area contributed by atoms with Gasteiger partial charge in [0.1, 0.15) is 12.6 Å². The van der Waals surface area contributed by atoms with Gasteiger partial charge in [-0.05, 0) is 68.3 Å². The Morgan fingerprint density at radius 1 is 0.919 bits per heavy atom. The number of aryl methyl sites for hydroxylation is 2. The molecule has 37 heavy (non-hydrogen) atoms. The summed E-state index contributed by atoms with van der Waals surface area (Å²) in [4.78, 5) is 27.7. The fourth-order valence-electron chi connectivity index (χ4n) is 3.99. The molecule has 2 amide bonds. The van der Waals surface area contributed by atoms with E-state index in [4.69, 9.17) is 23.2 Å². The standard InChI is InChI=1S/C27H29Cl2N3O4S/c1-18-13-19(2)15-21(14-18)32(37(35,36)22-9-6-5-7-10-22)17-26(33)31(20(3)27(34)30-4)16-23-24(28)11-8-12-25(23)29/h5-15,20H,16-17H2,1-4H3,(H,30,34). The number of hydrogen-bond acceptors (Lipinski definition) is 4. The van der Waals surface area contributed by atoms with E-state index in [2.05, 4.69) is 5.32 Å². The van der Waals surface area contributed by atoms with Crippen LogP contribution in [-0.4, -0.2) is 44.8 Å². The molecule has 10 heteroatoms. The summed E-state index contributed by atoms with van der Waals surface area (Å²) in [5.41, 5.74) is 2.49. The monoisotopic (exact) mass is 561 g/mol. The number of sulfonamides is 1. The van der Waals surface area contributed by atoms with Crippen LogP contribution in [0.2, 0.25) is 10.0 Å². The smallest absolute Gasteiger partial charge is 0.264 e. The third kappa shape index (κ3) is 6.63. The van der Waals surface area contributed by atoms with Gasteiger partial charge in [-0.3, -0.25) is 13.9 Å². The molecular formula is C27H29Cl2N3O4S. The molecule has 0 fully saturated rings. The molecule has 0 saturated carbocycles. The normalized spacial score (nSPS) is 12.1. The molecule has 3 rings (SSSR count). The van der Waals surface area contributed by atoms with E-state index >= 15 is 0 Å². The molecule has 0 aliphatic heterocycles. The number of hydrogen-bond donors (Lipinski definition) is 1. The minimum Gasteiger partial charge on any atom is -0.357 e. The summed E-state index contributed by atoms with van der Waals surface area (Å²) in [5, 5.41) is 3.20. The van der Waals surface area contributed by atoms with Crippen molar-refractivity contribution in [3.05, 3.63) is 93.5 Å². The number of nitrogens with one attached hydrogen (secondary N) is 1. The first-order valence-electron chi connectivity index (χ1n) is 11.6. The van der Waals surface area contributed by atoms with Crippen molar-refractivity contribution in [2.24, 2.45) is 0 Å². The molecule has 0 spiro atoms. The van der Waals surface area contributed by atoms with Gasteiger partial charge in [-0.2, -0.15) is 0 Å². The topological polar surface area (TPSA) is 86.8 Å². The molecule has 1 atom stereocenters. The van der Waals surface area contributed by atoms with Crippen molar-refractivity contribution >= 4 is 50.7 Å². The van der Waals surface area contributed by atoms with Crippen molar-refractivity contribution in [2.45, 2.75) is 38.3 Å². The van der Waals surface area contributed by atoms with Crippen LogP contribution in [0.1, 0.15) is 23.6 Å². The van der Waals surface area contributed by atoms with Gasteiger partial charge >= 0.3 is 0 Å². The average molecular weight is 563 g/mol. The highest BCUT2D eigenvalue weighted by molar-refractivity contribution is 7.92. The van der Waals surface area contributed by atoms with Gasteiger partial charge in [-0.15, -0.1) is 0 Å². The van der Waals surface area contributed by atoms with Gasteiger partial charge in [0, 0.05) is 29.2 Å². The van der Waals surface area contributed by atoms with E-state index < -0.39 is 34.4 Å². The molecule has 0 bridgehead atoms. The zero-order valence-corrected chi connectivity index (χ0v) is 23.4. The molecule has 0 aliphatic rings. The number of anilines is 1. The van der Waals surface area contributed by atoms with E-state index in [-0.39, 0.29) is 11.4 Å². The number of carbonyl (C=O) groups excluding carboxylic acids is 2. The number of halogens is 2. The average Bonchev–Trinajstić information content (AvgIpc) is 2.86. The largest absolute Gasteiger partial charge is 0.357 e.